The number of carbonyl (C=O) groups excluding carboxylic acids is 1. The van der Waals surface area contributed by atoms with Crippen LogP contribution in [0.1, 0.15) is 45.1 Å². The first-order valence-corrected chi connectivity index (χ1v) is 10.5. The lowest BCUT2D eigenvalue weighted by molar-refractivity contribution is -0.138. The highest BCUT2D eigenvalue weighted by Crippen LogP contribution is 2.44. The smallest absolute Gasteiger partial charge is 0.371 e. The van der Waals surface area contributed by atoms with Crippen molar-refractivity contribution >= 4 is 17.3 Å². The average molecular weight is 450 g/mol. The summed E-state index contributed by atoms with van der Waals surface area (Å²) in [7, 11) is 0. The molecule has 8 heteroatoms. The van der Waals surface area contributed by atoms with Gasteiger partial charge in [-0.15, -0.1) is 0 Å². The van der Waals surface area contributed by atoms with Crippen LogP contribution in [0.5, 0.6) is 0 Å². The molecular formula is C25H21F3N4O. The van der Waals surface area contributed by atoms with E-state index in [0.717, 1.165) is 5.69 Å². The highest BCUT2D eigenvalue weighted by Gasteiger charge is 2.40. The third-order valence-corrected chi connectivity index (χ3v) is 5.84. The molecule has 2 aromatic carbocycles. The van der Waals surface area contributed by atoms with Gasteiger partial charge in [0.1, 0.15) is 11.8 Å². The number of carbonyl (C=O) groups is 1. The molecule has 5 nitrogen and oxygen atoms in total. The summed E-state index contributed by atoms with van der Waals surface area (Å²) >= 11 is 0. The van der Waals surface area contributed by atoms with E-state index in [0.29, 0.717) is 25.1 Å². The van der Waals surface area contributed by atoms with Crippen LogP contribution >= 0.6 is 0 Å². The molecule has 0 aliphatic carbocycles. The second-order valence-corrected chi connectivity index (χ2v) is 7.98. The zero-order valence-corrected chi connectivity index (χ0v) is 17.9. The molecule has 168 valence electrons. The van der Waals surface area contributed by atoms with E-state index < -0.39 is 23.6 Å². The van der Waals surface area contributed by atoms with Gasteiger partial charge < -0.3 is 10.2 Å². The number of pyridine rings is 1. The number of hydrogen-bond acceptors (Lipinski definition) is 4. The van der Waals surface area contributed by atoms with Gasteiger partial charge in [-0.2, -0.15) is 18.4 Å². The average Bonchev–Trinajstić information content (AvgIpc) is 3.30. The predicted molar refractivity (Wildman–Crippen MR) is 119 cm³/mol. The minimum Gasteiger partial charge on any atom is -0.371 e. The maximum atomic E-state index is 14.2. The molecule has 1 unspecified atom stereocenters. The fourth-order valence-electron chi connectivity index (χ4n) is 4.33. The number of amides is 1. The molecule has 33 heavy (non-hydrogen) atoms. The Bertz CT molecular complexity index is 1220. The Kier molecular flexibility index (Phi) is 6.05. The Morgan fingerprint density at radius 1 is 1.18 bits per heavy atom. The van der Waals surface area contributed by atoms with Crippen molar-refractivity contribution in [3.63, 3.8) is 0 Å². The lowest BCUT2D eigenvalue weighted by atomic mass is 9.88. The number of anilines is 2. The van der Waals surface area contributed by atoms with Crippen LogP contribution in [-0.2, 0) is 6.18 Å². The Hall–Kier alpha value is -3.86. The van der Waals surface area contributed by atoms with Crippen LogP contribution in [0.2, 0.25) is 0 Å². The number of hydrogen-bond donors (Lipinski definition) is 1. The Labute approximate surface area is 189 Å². The standard InChI is InChI=1S/C25H21F3N4O/c1-16-7-8-21(31-24(33)17-5-3-2-4-6-17)22(23(16)25(26,27)28)18-10-12-32(15-18)20-9-11-30-19(13-20)14-29/h2-9,11,13,18H,10,12,15H2,1H3,(H,31,33). The molecule has 0 spiro atoms. The maximum absolute atomic E-state index is 14.2. The van der Waals surface area contributed by atoms with Crippen LogP contribution in [0.4, 0.5) is 24.5 Å². The number of halogens is 3. The summed E-state index contributed by atoms with van der Waals surface area (Å²) in [5.41, 5.74) is 1.03. The molecule has 1 fully saturated rings. The van der Waals surface area contributed by atoms with E-state index in [4.69, 9.17) is 5.26 Å². The number of nitrogens with one attached hydrogen (secondary N) is 1. The number of rotatable bonds is 4. The van der Waals surface area contributed by atoms with E-state index in [1.165, 1.54) is 19.2 Å². The molecule has 2 heterocycles. The van der Waals surface area contributed by atoms with Crippen molar-refractivity contribution in [2.75, 3.05) is 23.3 Å². The van der Waals surface area contributed by atoms with Gasteiger partial charge in [0.25, 0.3) is 5.91 Å². The monoisotopic (exact) mass is 450 g/mol. The van der Waals surface area contributed by atoms with Crippen molar-refractivity contribution < 1.29 is 18.0 Å². The van der Waals surface area contributed by atoms with Crippen LogP contribution in [0.15, 0.2) is 60.8 Å². The highest BCUT2D eigenvalue weighted by molar-refractivity contribution is 6.04. The van der Waals surface area contributed by atoms with Crippen LogP contribution in [0.25, 0.3) is 0 Å². The van der Waals surface area contributed by atoms with Gasteiger partial charge in [-0.05, 0) is 54.8 Å². The van der Waals surface area contributed by atoms with Crippen LogP contribution < -0.4 is 10.2 Å². The first-order chi connectivity index (χ1) is 15.8. The van der Waals surface area contributed by atoms with E-state index >= 15 is 0 Å². The summed E-state index contributed by atoms with van der Waals surface area (Å²) in [6.07, 6.45) is -2.57. The summed E-state index contributed by atoms with van der Waals surface area (Å²) in [5, 5.41) is 11.8. The minimum atomic E-state index is -4.56. The first kappa shape index (κ1) is 22.3. The molecule has 0 radical (unpaired) electrons. The molecule has 1 saturated heterocycles. The Morgan fingerprint density at radius 2 is 1.94 bits per heavy atom. The van der Waals surface area contributed by atoms with E-state index in [9.17, 15) is 18.0 Å². The van der Waals surface area contributed by atoms with E-state index in [-0.39, 0.29) is 22.5 Å². The molecule has 1 aliphatic heterocycles. The third kappa shape index (κ3) is 4.67. The molecular weight excluding hydrogens is 429 g/mol. The van der Waals surface area contributed by atoms with Crippen molar-refractivity contribution in [1.29, 1.82) is 5.26 Å². The normalized spacial score (nSPS) is 15.8. The Morgan fingerprint density at radius 3 is 2.64 bits per heavy atom. The minimum absolute atomic E-state index is 0.101. The van der Waals surface area contributed by atoms with Crippen molar-refractivity contribution in [2.24, 2.45) is 0 Å². The summed E-state index contributed by atoms with van der Waals surface area (Å²) in [6.45, 7) is 2.29. The third-order valence-electron chi connectivity index (χ3n) is 5.84. The quantitative estimate of drug-likeness (QED) is 0.568. The number of nitrogens with zero attached hydrogens (tertiary/aromatic N) is 3. The van der Waals surface area contributed by atoms with Crippen LogP contribution in [-0.4, -0.2) is 24.0 Å². The van der Waals surface area contributed by atoms with Crippen LogP contribution in [0.3, 0.4) is 0 Å². The number of aryl methyl sites for hydroxylation is 1. The van der Waals surface area contributed by atoms with Gasteiger partial charge in [0, 0.05) is 42.1 Å². The predicted octanol–water partition coefficient (Wildman–Crippen LogP) is 5.53. The lowest BCUT2D eigenvalue weighted by Crippen LogP contribution is -2.23. The number of alkyl halides is 3. The van der Waals surface area contributed by atoms with Gasteiger partial charge in [-0.3, -0.25) is 4.79 Å². The summed E-state index contributed by atoms with van der Waals surface area (Å²) < 4.78 is 42.5. The molecule has 4 rings (SSSR count). The lowest BCUT2D eigenvalue weighted by Gasteiger charge is -2.25. The number of aromatic nitrogens is 1. The van der Waals surface area contributed by atoms with Gasteiger partial charge in [-0.25, -0.2) is 4.98 Å². The van der Waals surface area contributed by atoms with Gasteiger partial charge in [0.15, 0.2) is 0 Å². The SMILES string of the molecule is Cc1ccc(NC(=O)c2ccccc2)c(C2CCN(c3ccnc(C#N)c3)C2)c1C(F)(F)F. The molecule has 1 N–H and O–H groups in total. The number of nitriles is 1. The van der Waals surface area contributed by atoms with Gasteiger partial charge in [0.2, 0.25) is 0 Å². The zero-order valence-electron chi connectivity index (χ0n) is 17.9. The Balaban J connectivity index is 1.72. The zero-order chi connectivity index (χ0) is 23.6. The second kappa shape index (κ2) is 8.94. The van der Waals surface area contributed by atoms with Crippen molar-refractivity contribution in [3.05, 3.63) is 88.7 Å². The van der Waals surface area contributed by atoms with E-state index in [1.54, 1.807) is 48.5 Å². The molecule has 1 aliphatic rings. The fraction of sp³-hybridized carbons (Fsp3) is 0.240. The van der Waals surface area contributed by atoms with Gasteiger partial charge in [-0.1, -0.05) is 24.3 Å². The number of benzene rings is 2. The maximum Gasteiger partial charge on any atom is 0.417 e. The molecule has 3 aromatic rings. The van der Waals surface area contributed by atoms with Crippen molar-refractivity contribution in [3.8, 4) is 6.07 Å². The summed E-state index contributed by atoms with van der Waals surface area (Å²) in [5.74, 6) is -0.914. The highest BCUT2D eigenvalue weighted by atomic mass is 19.4. The van der Waals surface area contributed by atoms with Gasteiger partial charge >= 0.3 is 6.18 Å². The van der Waals surface area contributed by atoms with Gasteiger partial charge in [0.05, 0.1) is 5.56 Å². The molecule has 1 atom stereocenters. The van der Waals surface area contributed by atoms with E-state index in [1.807, 2.05) is 11.0 Å². The molecule has 1 aromatic heterocycles. The summed E-state index contributed by atoms with van der Waals surface area (Å²) in [6, 6.07) is 16.7. The largest absolute Gasteiger partial charge is 0.417 e. The van der Waals surface area contributed by atoms with Crippen LogP contribution in [0, 0.1) is 18.3 Å². The topological polar surface area (TPSA) is 69.0 Å². The molecule has 1 amide bonds. The summed E-state index contributed by atoms with van der Waals surface area (Å²) in [4.78, 5) is 18.6. The fourth-order valence-corrected chi connectivity index (χ4v) is 4.33. The van der Waals surface area contributed by atoms with Crippen molar-refractivity contribution in [1.82, 2.24) is 4.98 Å². The van der Waals surface area contributed by atoms with E-state index in [2.05, 4.69) is 10.3 Å². The first-order valence-electron chi connectivity index (χ1n) is 10.5. The van der Waals surface area contributed by atoms with Crippen molar-refractivity contribution in [2.45, 2.75) is 25.4 Å². The second-order valence-electron chi connectivity index (χ2n) is 7.98. The molecule has 0 bridgehead atoms. The molecule has 0 saturated carbocycles.